The Balaban J connectivity index is 2.51. The van der Waals surface area contributed by atoms with Crippen molar-refractivity contribution in [3.63, 3.8) is 0 Å². The van der Waals surface area contributed by atoms with Crippen LogP contribution in [0.4, 0.5) is 4.39 Å². The van der Waals surface area contributed by atoms with Gasteiger partial charge in [0.25, 0.3) is 0 Å². The maximum Gasteiger partial charge on any atom is 0.127 e. The van der Waals surface area contributed by atoms with Crippen molar-refractivity contribution in [1.29, 1.82) is 0 Å². The molecule has 1 aromatic heterocycles. The van der Waals surface area contributed by atoms with Gasteiger partial charge in [-0.25, -0.2) is 4.39 Å². The van der Waals surface area contributed by atoms with E-state index in [9.17, 15) is 4.39 Å². The molecule has 0 fully saturated rings. The SMILES string of the molecule is CCNC(c1cc(C)c(F)cc1Cl)c1sccc1Br. The Bertz CT molecular complexity index is 585. The van der Waals surface area contributed by atoms with Crippen LogP contribution in [0.1, 0.15) is 29.0 Å². The van der Waals surface area contributed by atoms with Crippen LogP contribution in [0.3, 0.4) is 0 Å². The zero-order valence-electron chi connectivity index (χ0n) is 10.6. The molecule has 0 bridgehead atoms. The summed E-state index contributed by atoms with van der Waals surface area (Å²) < 4.78 is 14.6. The average Bonchev–Trinajstić information content (AvgIpc) is 2.77. The fourth-order valence-electron chi connectivity index (χ4n) is 1.96. The number of hydrogen-bond acceptors (Lipinski definition) is 2. The highest BCUT2D eigenvalue weighted by Gasteiger charge is 2.20. The molecule has 19 heavy (non-hydrogen) atoms. The van der Waals surface area contributed by atoms with Gasteiger partial charge in [-0.1, -0.05) is 18.5 Å². The molecule has 1 aromatic carbocycles. The summed E-state index contributed by atoms with van der Waals surface area (Å²) in [6.07, 6.45) is 0. The van der Waals surface area contributed by atoms with Crippen molar-refractivity contribution in [2.75, 3.05) is 6.54 Å². The van der Waals surface area contributed by atoms with E-state index in [1.807, 2.05) is 24.4 Å². The van der Waals surface area contributed by atoms with E-state index in [2.05, 4.69) is 21.2 Å². The minimum Gasteiger partial charge on any atom is -0.306 e. The Morgan fingerprint density at radius 3 is 2.79 bits per heavy atom. The minimum atomic E-state index is -0.269. The fourth-order valence-corrected chi connectivity index (χ4v) is 3.91. The highest BCUT2D eigenvalue weighted by Crippen LogP contribution is 2.36. The summed E-state index contributed by atoms with van der Waals surface area (Å²) in [4.78, 5) is 1.15. The van der Waals surface area contributed by atoms with Gasteiger partial charge in [-0.05, 0) is 64.1 Å². The van der Waals surface area contributed by atoms with E-state index in [1.54, 1.807) is 18.3 Å². The number of benzene rings is 1. The van der Waals surface area contributed by atoms with Crippen LogP contribution < -0.4 is 5.32 Å². The monoisotopic (exact) mass is 361 g/mol. The molecule has 2 rings (SSSR count). The molecule has 2 aromatic rings. The molecule has 0 radical (unpaired) electrons. The molecule has 0 spiro atoms. The second-order valence-corrected chi connectivity index (χ2v) is 6.46. The maximum atomic E-state index is 13.5. The third-order valence-corrected chi connectivity index (χ3v) is 5.17. The molecule has 0 saturated carbocycles. The molecule has 1 heterocycles. The molecule has 0 aliphatic heterocycles. The Hall–Kier alpha value is -0.420. The van der Waals surface area contributed by atoms with Crippen LogP contribution in [0.2, 0.25) is 5.02 Å². The van der Waals surface area contributed by atoms with Crippen LogP contribution in [0.5, 0.6) is 0 Å². The first kappa shape index (κ1) is 15.0. The van der Waals surface area contributed by atoms with E-state index in [0.717, 1.165) is 21.5 Å². The first-order chi connectivity index (χ1) is 9.04. The largest absolute Gasteiger partial charge is 0.306 e. The molecule has 102 valence electrons. The van der Waals surface area contributed by atoms with Gasteiger partial charge in [-0.2, -0.15) is 0 Å². The first-order valence-corrected chi connectivity index (χ1v) is 8.01. The normalized spacial score (nSPS) is 12.7. The van der Waals surface area contributed by atoms with E-state index >= 15 is 0 Å². The first-order valence-electron chi connectivity index (χ1n) is 5.96. The van der Waals surface area contributed by atoms with Gasteiger partial charge in [0.05, 0.1) is 6.04 Å². The Morgan fingerprint density at radius 1 is 1.47 bits per heavy atom. The third-order valence-electron chi connectivity index (χ3n) is 2.90. The molecular weight excluding hydrogens is 349 g/mol. The summed E-state index contributed by atoms with van der Waals surface area (Å²) in [5.41, 5.74) is 1.51. The van der Waals surface area contributed by atoms with Gasteiger partial charge in [0.15, 0.2) is 0 Å². The molecule has 0 saturated heterocycles. The fraction of sp³-hybridized carbons (Fsp3) is 0.286. The van der Waals surface area contributed by atoms with Crippen molar-refractivity contribution in [2.45, 2.75) is 19.9 Å². The lowest BCUT2D eigenvalue weighted by molar-refractivity contribution is 0.608. The topological polar surface area (TPSA) is 12.0 Å². The zero-order valence-corrected chi connectivity index (χ0v) is 13.8. The number of thiophene rings is 1. The number of rotatable bonds is 4. The predicted molar refractivity (Wildman–Crippen MR) is 83.7 cm³/mol. The molecule has 1 unspecified atom stereocenters. The van der Waals surface area contributed by atoms with E-state index in [-0.39, 0.29) is 11.9 Å². The number of hydrogen-bond donors (Lipinski definition) is 1. The number of halogens is 3. The summed E-state index contributed by atoms with van der Waals surface area (Å²) in [5.74, 6) is -0.269. The molecular formula is C14H14BrClFNS. The summed E-state index contributed by atoms with van der Waals surface area (Å²) in [6.45, 7) is 4.60. The van der Waals surface area contributed by atoms with Gasteiger partial charge in [0.1, 0.15) is 5.82 Å². The Kier molecular flexibility index (Phi) is 5.01. The molecule has 1 atom stereocenters. The smallest absolute Gasteiger partial charge is 0.127 e. The van der Waals surface area contributed by atoms with Gasteiger partial charge in [-0.3, -0.25) is 0 Å². The van der Waals surface area contributed by atoms with Crippen molar-refractivity contribution in [3.05, 3.63) is 54.9 Å². The van der Waals surface area contributed by atoms with E-state index in [0.29, 0.717) is 10.6 Å². The van der Waals surface area contributed by atoms with E-state index in [4.69, 9.17) is 11.6 Å². The van der Waals surface area contributed by atoms with Crippen molar-refractivity contribution < 1.29 is 4.39 Å². The molecule has 0 aliphatic rings. The Morgan fingerprint density at radius 2 is 2.21 bits per heavy atom. The minimum absolute atomic E-state index is 0.0221. The van der Waals surface area contributed by atoms with Gasteiger partial charge in [0, 0.05) is 14.4 Å². The molecule has 5 heteroatoms. The van der Waals surface area contributed by atoms with Crippen molar-refractivity contribution >= 4 is 38.9 Å². The second-order valence-electron chi connectivity index (χ2n) is 4.25. The van der Waals surface area contributed by atoms with E-state index in [1.165, 1.54) is 6.07 Å². The molecule has 1 N–H and O–H groups in total. The summed E-state index contributed by atoms with van der Waals surface area (Å²) >= 11 is 11.4. The van der Waals surface area contributed by atoms with Crippen LogP contribution in [0.25, 0.3) is 0 Å². The highest BCUT2D eigenvalue weighted by atomic mass is 79.9. The summed E-state index contributed by atoms with van der Waals surface area (Å²) in [6, 6.07) is 5.19. The number of nitrogens with one attached hydrogen (secondary N) is 1. The van der Waals surface area contributed by atoms with Crippen LogP contribution in [-0.2, 0) is 0 Å². The lowest BCUT2D eigenvalue weighted by Crippen LogP contribution is -2.22. The molecule has 0 amide bonds. The summed E-state index contributed by atoms with van der Waals surface area (Å²) in [5, 5.41) is 5.88. The molecule has 0 aliphatic carbocycles. The van der Waals surface area contributed by atoms with E-state index < -0.39 is 0 Å². The lowest BCUT2D eigenvalue weighted by atomic mass is 10.0. The predicted octanol–water partition coefficient (Wildman–Crippen LogP) is 5.31. The second kappa shape index (κ2) is 6.35. The van der Waals surface area contributed by atoms with Gasteiger partial charge in [0.2, 0.25) is 0 Å². The van der Waals surface area contributed by atoms with Gasteiger partial charge < -0.3 is 5.32 Å². The highest BCUT2D eigenvalue weighted by molar-refractivity contribution is 9.10. The van der Waals surface area contributed by atoms with Crippen molar-refractivity contribution in [2.24, 2.45) is 0 Å². The maximum absolute atomic E-state index is 13.5. The van der Waals surface area contributed by atoms with Crippen LogP contribution >= 0.6 is 38.9 Å². The quantitative estimate of drug-likeness (QED) is 0.777. The van der Waals surface area contributed by atoms with Crippen molar-refractivity contribution in [3.8, 4) is 0 Å². The zero-order chi connectivity index (χ0) is 14.0. The van der Waals surface area contributed by atoms with Crippen LogP contribution in [0.15, 0.2) is 28.1 Å². The summed E-state index contributed by atoms with van der Waals surface area (Å²) in [7, 11) is 0. The van der Waals surface area contributed by atoms with Gasteiger partial charge in [-0.15, -0.1) is 11.3 Å². The lowest BCUT2D eigenvalue weighted by Gasteiger charge is -2.20. The molecule has 1 nitrogen and oxygen atoms in total. The average molecular weight is 363 g/mol. The van der Waals surface area contributed by atoms with Gasteiger partial charge >= 0.3 is 0 Å². The third kappa shape index (κ3) is 3.19. The Labute approximate surface area is 129 Å². The van der Waals surface area contributed by atoms with Crippen LogP contribution in [0, 0.1) is 12.7 Å². The van der Waals surface area contributed by atoms with Crippen LogP contribution in [-0.4, -0.2) is 6.54 Å². The number of aryl methyl sites for hydroxylation is 1. The van der Waals surface area contributed by atoms with Crippen molar-refractivity contribution in [1.82, 2.24) is 5.32 Å². The standard InChI is InChI=1S/C14H14BrClFNS/c1-3-18-13(14-10(15)4-5-19-14)9-6-8(2)12(17)7-11(9)16/h4-7,13,18H,3H2,1-2H3.